The van der Waals surface area contributed by atoms with Gasteiger partial charge in [-0.1, -0.05) is 23.7 Å². The monoisotopic (exact) mass is 312 g/mol. The summed E-state index contributed by atoms with van der Waals surface area (Å²) in [6.07, 6.45) is -0.219. The van der Waals surface area contributed by atoms with Crippen LogP contribution in [-0.4, -0.2) is 50.4 Å². The van der Waals surface area contributed by atoms with Crippen LogP contribution in [0.15, 0.2) is 24.3 Å². The van der Waals surface area contributed by atoms with Gasteiger partial charge in [0, 0.05) is 25.2 Å². The SMILES string of the molecule is CO[C@H](CNC(=O)N1CCOC[C@@H]1C)c1cccc(Cl)c1. The molecule has 0 unspecified atom stereocenters. The highest BCUT2D eigenvalue weighted by molar-refractivity contribution is 6.30. The first-order valence-electron chi connectivity index (χ1n) is 7.02. The molecule has 1 aliphatic heterocycles. The van der Waals surface area contributed by atoms with E-state index < -0.39 is 0 Å². The predicted octanol–water partition coefficient (Wildman–Crippen LogP) is 2.46. The number of amides is 2. The molecule has 0 radical (unpaired) electrons. The average molecular weight is 313 g/mol. The van der Waals surface area contributed by atoms with E-state index in [0.717, 1.165) is 5.56 Å². The van der Waals surface area contributed by atoms with Crippen LogP contribution < -0.4 is 5.32 Å². The molecule has 1 aromatic rings. The van der Waals surface area contributed by atoms with Gasteiger partial charge in [0.15, 0.2) is 0 Å². The Kier molecular flexibility index (Phi) is 5.85. The number of benzene rings is 1. The Balaban J connectivity index is 1.92. The summed E-state index contributed by atoms with van der Waals surface area (Å²) < 4.78 is 10.8. The highest BCUT2D eigenvalue weighted by Crippen LogP contribution is 2.20. The van der Waals surface area contributed by atoms with Crippen LogP contribution in [0.25, 0.3) is 0 Å². The van der Waals surface area contributed by atoms with Crippen molar-refractivity contribution in [3.8, 4) is 0 Å². The summed E-state index contributed by atoms with van der Waals surface area (Å²) in [4.78, 5) is 14.0. The van der Waals surface area contributed by atoms with Crippen molar-refractivity contribution in [1.82, 2.24) is 10.2 Å². The summed E-state index contributed by atoms with van der Waals surface area (Å²) in [6.45, 7) is 4.15. The number of rotatable bonds is 4. The zero-order valence-electron chi connectivity index (χ0n) is 12.3. The number of nitrogens with zero attached hydrogens (tertiary/aromatic N) is 1. The van der Waals surface area contributed by atoms with E-state index in [-0.39, 0.29) is 18.2 Å². The van der Waals surface area contributed by atoms with Gasteiger partial charge in [-0.15, -0.1) is 0 Å². The van der Waals surface area contributed by atoms with Crippen LogP contribution in [0, 0.1) is 0 Å². The maximum atomic E-state index is 12.2. The standard InChI is InChI=1S/C15H21ClN2O3/c1-11-10-21-7-6-18(11)15(19)17-9-14(20-2)12-4-3-5-13(16)8-12/h3-5,8,11,14H,6-7,9-10H2,1-2H3,(H,17,19)/t11-,14+/m0/s1. The number of carbonyl (C=O) groups excluding carboxylic acids is 1. The van der Waals surface area contributed by atoms with E-state index in [2.05, 4.69) is 5.32 Å². The van der Waals surface area contributed by atoms with Crippen molar-refractivity contribution in [3.63, 3.8) is 0 Å². The average Bonchev–Trinajstić information content (AvgIpc) is 2.48. The van der Waals surface area contributed by atoms with Crippen LogP contribution in [0.2, 0.25) is 5.02 Å². The van der Waals surface area contributed by atoms with Gasteiger partial charge >= 0.3 is 6.03 Å². The number of urea groups is 1. The molecular formula is C15H21ClN2O3. The van der Waals surface area contributed by atoms with Gasteiger partial charge in [-0.25, -0.2) is 4.79 Å². The zero-order valence-corrected chi connectivity index (χ0v) is 13.1. The number of methoxy groups -OCH3 is 1. The summed E-state index contributed by atoms with van der Waals surface area (Å²) in [6, 6.07) is 7.46. The molecule has 0 saturated carbocycles. The lowest BCUT2D eigenvalue weighted by Gasteiger charge is -2.33. The van der Waals surface area contributed by atoms with Gasteiger partial charge in [-0.2, -0.15) is 0 Å². The van der Waals surface area contributed by atoms with Crippen LogP contribution in [0.5, 0.6) is 0 Å². The van der Waals surface area contributed by atoms with Gasteiger partial charge < -0.3 is 19.7 Å². The maximum Gasteiger partial charge on any atom is 0.317 e. The third kappa shape index (κ3) is 4.33. The molecule has 2 rings (SSSR count). The number of halogens is 1. The fraction of sp³-hybridized carbons (Fsp3) is 0.533. The number of carbonyl (C=O) groups is 1. The van der Waals surface area contributed by atoms with Crippen LogP contribution in [-0.2, 0) is 9.47 Å². The van der Waals surface area contributed by atoms with E-state index in [1.807, 2.05) is 31.2 Å². The number of nitrogens with one attached hydrogen (secondary N) is 1. The molecule has 1 heterocycles. The summed E-state index contributed by atoms with van der Waals surface area (Å²) in [7, 11) is 1.62. The minimum Gasteiger partial charge on any atom is -0.377 e. The Morgan fingerprint density at radius 2 is 2.43 bits per heavy atom. The van der Waals surface area contributed by atoms with Crippen LogP contribution in [0.4, 0.5) is 4.79 Å². The Bertz CT molecular complexity index is 484. The fourth-order valence-electron chi connectivity index (χ4n) is 2.35. The minimum absolute atomic E-state index is 0.0881. The lowest BCUT2D eigenvalue weighted by Crippen LogP contribution is -2.51. The summed E-state index contributed by atoms with van der Waals surface area (Å²) in [5.41, 5.74) is 0.945. The molecule has 0 bridgehead atoms. The molecule has 0 aromatic heterocycles. The smallest absolute Gasteiger partial charge is 0.317 e. The van der Waals surface area contributed by atoms with Gasteiger partial charge in [-0.3, -0.25) is 0 Å². The number of ether oxygens (including phenoxy) is 2. The minimum atomic E-state index is -0.219. The van der Waals surface area contributed by atoms with Crippen molar-refractivity contribution < 1.29 is 14.3 Å². The summed E-state index contributed by atoms with van der Waals surface area (Å²) in [5.74, 6) is 0. The third-order valence-electron chi connectivity index (χ3n) is 3.57. The van der Waals surface area contributed by atoms with E-state index >= 15 is 0 Å². The van der Waals surface area contributed by atoms with Gasteiger partial charge in [0.1, 0.15) is 0 Å². The fourth-order valence-corrected chi connectivity index (χ4v) is 2.55. The van der Waals surface area contributed by atoms with E-state index in [0.29, 0.717) is 31.3 Å². The Hall–Kier alpha value is -1.30. The van der Waals surface area contributed by atoms with Crippen molar-refractivity contribution in [2.75, 3.05) is 33.4 Å². The van der Waals surface area contributed by atoms with Crippen molar-refractivity contribution >= 4 is 17.6 Å². The van der Waals surface area contributed by atoms with E-state index in [1.165, 1.54) is 0 Å². The topological polar surface area (TPSA) is 50.8 Å². The van der Waals surface area contributed by atoms with Crippen LogP contribution >= 0.6 is 11.6 Å². The molecule has 2 atom stereocenters. The van der Waals surface area contributed by atoms with Gasteiger partial charge in [0.25, 0.3) is 0 Å². The van der Waals surface area contributed by atoms with Crippen LogP contribution in [0.3, 0.4) is 0 Å². The highest BCUT2D eigenvalue weighted by atomic mass is 35.5. The summed E-state index contributed by atoms with van der Waals surface area (Å²) in [5, 5.41) is 3.57. The van der Waals surface area contributed by atoms with Crippen molar-refractivity contribution in [2.24, 2.45) is 0 Å². The predicted molar refractivity (Wildman–Crippen MR) is 81.6 cm³/mol. The normalized spacial score (nSPS) is 20.1. The molecule has 21 heavy (non-hydrogen) atoms. The Morgan fingerprint density at radius 3 is 3.10 bits per heavy atom. The molecule has 1 aliphatic rings. The van der Waals surface area contributed by atoms with Crippen molar-refractivity contribution in [2.45, 2.75) is 19.1 Å². The first kappa shape index (κ1) is 16.1. The second-order valence-electron chi connectivity index (χ2n) is 5.08. The quantitative estimate of drug-likeness (QED) is 0.929. The molecule has 0 aliphatic carbocycles. The number of hydrogen-bond donors (Lipinski definition) is 1. The third-order valence-corrected chi connectivity index (χ3v) is 3.81. The molecule has 1 aromatic carbocycles. The number of hydrogen-bond acceptors (Lipinski definition) is 3. The molecule has 1 fully saturated rings. The van der Waals surface area contributed by atoms with Gasteiger partial charge in [0.05, 0.1) is 25.4 Å². The lowest BCUT2D eigenvalue weighted by atomic mass is 10.1. The highest BCUT2D eigenvalue weighted by Gasteiger charge is 2.24. The van der Waals surface area contributed by atoms with E-state index in [1.54, 1.807) is 12.0 Å². The molecule has 1 saturated heterocycles. The largest absolute Gasteiger partial charge is 0.377 e. The second-order valence-corrected chi connectivity index (χ2v) is 5.52. The molecular weight excluding hydrogens is 292 g/mol. The lowest BCUT2D eigenvalue weighted by molar-refractivity contribution is 0.0177. The van der Waals surface area contributed by atoms with E-state index in [9.17, 15) is 4.79 Å². The Morgan fingerprint density at radius 1 is 1.62 bits per heavy atom. The molecule has 5 nitrogen and oxygen atoms in total. The van der Waals surface area contributed by atoms with Crippen LogP contribution in [0.1, 0.15) is 18.6 Å². The van der Waals surface area contributed by atoms with Crippen molar-refractivity contribution in [3.05, 3.63) is 34.9 Å². The second kappa shape index (κ2) is 7.64. The molecule has 6 heteroatoms. The summed E-state index contributed by atoms with van der Waals surface area (Å²) >= 11 is 5.98. The molecule has 1 N–H and O–H groups in total. The molecule has 2 amide bonds. The number of morpholine rings is 1. The maximum absolute atomic E-state index is 12.2. The molecule has 116 valence electrons. The first-order valence-corrected chi connectivity index (χ1v) is 7.40. The van der Waals surface area contributed by atoms with Crippen molar-refractivity contribution in [1.29, 1.82) is 0 Å². The molecule has 0 spiro atoms. The van der Waals surface area contributed by atoms with Gasteiger partial charge in [0.2, 0.25) is 0 Å². The van der Waals surface area contributed by atoms with Gasteiger partial charge in [-0.05, 0) is 24.6 Å². The van der Waals surface area contributed by atoms with E-state index in [4.69, 9.17) is 21.1 Å². The Labute approximate surface area is 130 Å². The first-order chi connectivity index (χ1) is 10.1. The zero-order chi connectivity index (χ0) is 15.2.